The van der Waals surface area contributed by atoms with Crippen molar-refractivity contribution in [3.63, 3.8) is 0 Å². The van der Waals surface area contributed by atoms with E-state index in [0.29, 0.717) is 11.3 Å². The van der Waals surface area contributed by atoms with Crippen molar-refractivity contribution in [2.75, 3.05) is 14.2 Å². The van der Waals surface area contributed by atoms with E-state index in [2.05, 4.69) is 0 Å². The second-order valence-corrected chi connectivity index (χ2v) is 7.98. The van der Waals surface area contributed by atoms with E-state index in [9.17, 15) is 19.7 Å². The molecule has 0 saturated heterocycles. The summed E-state index contributed by atoms with van der Waals surface area (Å²) in [6.45, 7) is 3.67. The van der Waals surface area contributed by atoms with Gasteiger partial charge in [-0.3, -0.25) is 14.9 Å². The Hall–Kier alpha value is -2.81. The number of carbonyl (C=O) groups excluding carboxylic acids is 2. The van der Waals surface area contributed by atoms with E-state index < -0.39 is 33.6 Å². The summed E-state index contributed by atoms with van der Waals surface area (Å²) in [6.07, 6.45) is 1.81. The van der Waals surface area contributed by atoms with Crippen LogP contribution in [0.4, 0.5) is 5.69 Å². The van der Waals surface area contributed by atoms with Gasteiger partial charge in [-0.2, -0.15) is 0 Å². The standard InChI is InChI=1S/C19H20N2O6S/c1-11-14(17(22)26-3)15(12-6-5-7-13(10-12)21(24)25)16(18(23)27-4)19(2)20(11)8-9-28-19/h5-10,15-16H,1-4H3/t15-,16-,19-/m0/s1. The number of nitrogens with zero attached hydrogens (tertiary/aromatic N) is 2. The van der Waals surface area contributed by atoms with Crippen LogP contribution < -0.4 is 0 Å². The van der Waals surface area contributed by atoms with Gasteiger partial charge in [0, 0.05) is 29.9 Å². The van der Waals surface area contributed by atoms with Gasteiger partial charge in [0.25, 0.3) is 5.69 Å². The average Bonchev–Trinajstić information content (AvgIpc) is 3.09. The van der Waals surface area contributed by atoms with Crippen LogP contribution in [-0.2, 0) is 19.1 Å². The number of benzene rings is 1. The lowest BCUT2D eigenvalue weighted by Gasteiger charge is -2.48. The minimum Gasteiger partial charge on any atom is -0.469 e. The van der Waals surface area contributed by atoms with Crippen LogP contribution >= 0.6 is 11.8 Å². The fraction of sp³-hybridized carbons (Fsp3) is 0.368. The smallest absolute Gasteiger partial charge is 0.336 e. The molecule has 2 heterocycles. The largest absolute Gasteiger partial charge is 0.469 e. The summed E-state index contributed by atoms with van der Waals surface area (Å²) in [5.41, 5.74) is 1.28. The Labute approximate surface area is 166 Å². The molecule has 0 bridgehead atoms. The van der Waals surface area contributed by atoms with E-state index in [1.54, 1.807) is 19.1 Å². The van der Waals surface area contributed by atoms with E-state index in [1.807, 2.05) is 23.4 Å². The van der Waals surface area contributed by atoms with Gasteiger partial charge in [-0.05, 0) is 24.8 Å². The fourth-order valence-electron chi connectivity index (χ4n) is 3.99. The van der Waals surface area contributed by atoms with Crippen molar-refractivity contribution in [1.29, 1.82) is 0 Å². The second-order valence-electron chi connectivity index (χ2n) is 6.65. The number of ether oxygens (including phenoxy) is 2. The van der Waals surface area contributed by atoms with Gasteiger partial charge < -0.3 is 14.4 Å². The molecule has 0 saturated carbocycles. The van der Waals surface area contributed by atoms with Gasteiger partial charge in [0.15, 0.2) is 0 Å². The first-order valence-electron chi connectivity index (χ1n) is 8.51. The maximum atomic E-state index is 12.9. The molecule has 2 aliphatic heterocycles. The molecule has 0 amide bonds. The summed E-state index contributed by atoms with van der Waals surface area (Å²) in [5, 5.41) is 13.1. The SMILES string of the molecule is COC(=O)C1=C(C)N2C=CS[C@@]2(C)[C@H](C(=O)OC)[C@H]1c1cccc([N+](=O)[O-])c1. The molecule has 9 heteroatoms. The van der Waals surface area contributed by atoms with Crippen molar-refractivity contribution in [3.05, 3.63) is 62.8 Å². The number of thioether (sulfide) groups is 1. The monoisotopic (exact) mass is 404 g/mol. The van der Waals surface area contributed by atoms with Crippen LogP contribution in [0.3, 0.4) is 0 Å². The van der Waals surface area contributed by atoms with Gasteiger partial charge in [-0.25, -0.2) is 4.79 Å². The van der Waals surface area contributed by atoms with E-state index in [0.717, 1.165) is 0 Å². The quantitative estimate of drug-likeness (QED) is 0.429. The molecule has 1 aromatic rings. The highest BCUT2D eigenvalue weighted by molar-refractivity contribution is 8.03. The van der Waals surface area contributed by atoms with E-state index in [-0.39, 0.29) is 11.3 Å². The Morgan fingerprint density at radius 2 is 2.00 bits per heavy atom. The molecule has 0 aromatic heterocycles. The van der Waals surface area contributed by atoms with Gasteiger partial charge in [0.2, 0.25) is 0 Å². The molecule has 0 spiro atoms. The maximum absolute atomic E-state index is 12.9. The van der Waals surface area contributed by atoms with Crippen LogP contribution in [0.25, 0.3) is 0 Å². The summed E-state index contributed by atoms with van der Waals surface area (Å²) >= 11 is 1.44. The molecule has 28 heavy (non-hydrogen) atoms. The van der Waals surface area contributed by atoms with Gasteiger partial charge in [-0.15, -0.1) is 11.8 Å². The Morgan fingerprint density at radius 3 is 2.61 bits per heavy atom. The van der Waals surface area contributed by atoms with Crippen molar-refractivity contribution in [2.24, 2.45) is 5.92 Å². The Kier molecular flexibility index (Phi) is 5.20. The molecule has 148 valence electrons. The van der Waals surface area contributed by atoms with Crippen LogP contribution in [0.15, 0.2) is 47.1 Å². The molecule has 8 nitrogen and oxygen atoms in total. The van der Waals surface area contributed by atoms with Crippen molar-refractivity contribution >= 4 is 29.4 Å². The van der Waals surface area contributed by atoms with Crippen LogP contribution in [0, 0.1) is 16.0 Å². The minimum absolute atomic E-state index is 0.118. The third-order valence-corrected chi connectivity index (χ3v) is 6.45. The van der Waals surface area contributed by atoms with Crippen LogP contribution in [0.2, 0.25) is 0 Å². The number of allylic oxidation sites excluding steroid dienone is 1. The summed E-state index contributed by atoms with van der Waals surface area (Å²) in [6, 6.07) is 5.98. The summed E-state index contributed by atoms with van der Waals surface area (Å²) < 4.78 is 10.1. The van der Waals surface area contributed by atoms with E-state index >= 15 is 0 Å². The number of non-ortho nitro benzene ring substituents is 1. The van der Waals surface area contributed by atoms with Crippen molar-refractivity contribution in [1.82, 2.24) is 4.90 Å². The average molecular weight is 404 g/mol. The van der Waals surface area contributed by atoms with Crippen molar-refractivity contribution in [3.8, 4) is 0 Å². The molecule has 0 radical (unpaired) electrons. The third kappa shape index (κ3) is 2.95. The van der Waals surface area contributed by atoms with Gasteiger partial charge in [0.05, 0.1) is 24.7 Å². The molecule has 2 aliphatic rings. The Balaban J connectivity index is 2.30. The number of hydrogen-bond acceptors (Lipinski definition) is 8. The first kappa shape index (κ1) is 19.9. The number of nitro benzene ring substituents is 1. The molecule has 3 rings (SSSR count). The number of esters is 2. The Bertz CT molecular complexity index is 911. The molecule has 0 aliphatic carbocycles. The zero-order valence-electron chi connectivity index (χ0n) is 15.9. The highest BCUT2D eigenvalue weighted by atomic mass is 32.2. The van der Waals surface area contributed by atoms with Crippen molar-refractivity contribution in [2.45, 2.75) is 24.6 Å². The summed E-state index contributed by atoms with van der Waals surface area (Å²) in [5.74, 6) is -2.64. The zero-order valence-corrected chi connectivity index (χ0v) is 16.7. The fourth-order valence-corrected chi connectivity index (χ4v) is 5.14. The zero-order chi connectivity index (χ0) is 20.6. The second kappa shape index (κ2) is 7.31. The minimum atomic E-state index is -0.794. The molecule has 0 N–H and O–H groups in total. The number of hydrogen-bond donors (Lipinski definition) is 0. The van der Waals surface area contributed by atoms with Crippen molar-refractivity contribution < 1.29 is 24.0 Å². The first-order chi connectivity index (χ1) is 13.3. The predicted molar refractivity (Wildman–Crippen MR) is 103 cm³/mol. The number of rotatable bonds is 4. The number of nitro groups is 1. The number of methoxy groups -OCH3 is 2. The maximum Gasteiger partial charge on any atom is 0.336 e. The topological polar surface area (TPSA) is 99.0 Å². The van der Waals surface area contributed by atoms with E-state index in [4.69, 9.17) is 9.47 Å². The number of carbonyl (C=O) groups is 2. The first-order valence-corrected chi connectivity index (χ1v) is 9.39. The third-order valence-electron chi connectivity index (χ3n) is 5.27. The highest BCUT2D eigenvalue weighted by Crippen LogP contribution is 2.56. The normalized spacial score (nSPS) is 26.1. The lowest BCUT2D eigenvalue weighted by molar-refractivity contribution is -0.384. The summed E-state index contributed by atoms with van der Waals surface area (Å²) in [4.78, 5) is 37.5. The van der Waals surface area contributed by atoms with Gasteiger partial charge >= 0.3 is 11.9 Å². The highest BCUT2D eigenvalue weighted by Gasteiger charge is 2.57. The number of fused-ring (bicyclic) bond motifs is 1. The van der Waals surface area contributed by atoms with Crippen LogP contribution in [-0.4, -0.2) is 40.9 Å². The van der Waals surface area contributed by atoms with Crippen LogP contribution in [0.1, 0.15) is 25.3 Å². The van der Waals surface area contributed by atoms with Crippen LogP contribution in [0.5, 0.6) is 0 Å². The molecular formula is C19H20N2O6S. The molecule has 0 fully saturated rings. The summed E-state index contributed by atoms with van der Waals surface area (Å²) in [7, 11) is 2.55. The van der Waals surface area contributed by atoms with E-state index in [1.165, 1.54) is 38.1 Å². The predicted octanol–water partition coefficient (Wildman–Crippen LogP) is 3.16. The molecule has 1 aromatic carbocycles. The lowest BCUT2D eigenvalue weighted by Crippen LogP contribution is -2.54. The van der Waals surface area contributed by atoms with Gasteiger partial charge in [0.1, 0.15) is 10.8 Å². The molecular weight excluding hydrogens is 384 g/mol. The molecule has 0 unspecified atom stereocenters. The lowest BCUT2D eigenvalue weighted by atomic mass is 9.72. The Morgan fingerprint density at radius 1 is 1.29 bits per heavy atom. The van der Waals surface area contributed by atoms with Gasteiger partial charge in [-0.1, -0.05) is 12.1 Å². The molecule has 3 atom stereocenters.